The molecule has 1 aliphatic carbocycles. The lowest BCUT2D eigenvalue weighted by Crippen LogP contribution is -2.82. The minimum atomic E-state index is -0.881. The topological polar surface area (TPSA) is 93.5 Å². The summed E-state index contributed by atoms with van der Waals surface area (Å²) < 4.78 is 5.78. The zero-order chi connectivity index (χ0) is 15.0. The Morgan fingerprint density at radius 1 is 1.30 bits per heavy atom. The first-order valence-electron chi connectivity index (χ1n) is 7.25. The van der Waals surface area contributed by atoms with E-state index in [1.807, 2.05) is 13.8 Å². The summed E-state index contributed by atoms with van der Waals surface area (Å²) in [4.78, 5) is 23.2. The average Bonchev–Trinajstić information content (AvgIpc) is 2.42. The van der Waals surface area contributed by atoms with Crippen LogP contribution in [0.3, 0.4) is 0 Å². The maximum atomic E-state index is 12.5. The van der Waals surface area contributed by atoms with E-state index in [0.717, 1.165) is 19.4 Å². The maximum Gasteiger partial charge on any atom is 0.241 e. The normalized spacial score (nSPS) is 34.6. The predicted molar refractivity (Wildman–Crippen MR) is 74.9 cm³/mol. The first-order valence-corrected chi connectivity index (χ1v) is 7.25. The van der Waals surface area contributed by atoms with Crippen LogP contribution < -0.4 is 16.4 Å². The monoisotopic (exact) mass is 283 g/mol. The van der Waals surface area contributed by atoms with Crippen LogP contribution >= 0.6 is 0 Å². The highest BCUT2D eigenvalue weighted by Crippen LogP contribution is 2.57. The van der Waals surface area contributed by atoms with E-state index in [0.29, 0.717) is 13.1 Å². The number of nitrogens with one attached hydrogen (secondary N) is 2. The van der Waals surface area contributed by atoms with Gasteiger partial charge in [0.1, 0.15) is 5.54 Å². The van der Waals surface area contributed by atoms with Gasteiger partial charge in [0.05, 0.1) is 6.10 Å². The summed E-state index contributed by atoms with van der Waals surface area (Å²) in [6, 6.07) is 0. The van der Waals surface area contributed by atoms with Crippen molar-refractivity contribution in [2.45, 2.75) is 45.3 Å². The zero-order valence-electron chi connectivity index (χ0n) is 12.5. The van der Waals surface area contributed by atoms with E-state index in [1.165, 1.54) is 6.92 Å². The summed E-state index contributed by atoms with van der Waals surface area (Å²) in [6.07, 6.45) is 1.96. The van der Waals surface area contributed by atoms with Gasteiger partial charge in [-0.3, -0.25) is 9.59 Å². The van der Waals surface area contributed by atoms with Crippen LogP contribution in [-0.4, -0.2) is 43.2 Å². The Kier molecular flexibility index (Phi) is 4.07. The fourth-order valence-electron chi connectivity index (χ4n) is 3.60. The lowest BCUT2D eigenvalue weighted by Gasteiger charge is -2.65. The van der Waals surface area contributed by atoms with Crippen molar-refractivity contribution in [2.24, 2.45) is 17.1 Å². The zero-order valence-corrected chi connectivity index (χ0v) is 12.5. The second-order valence-electron chi connectivity index (χ2n) is 6.37. The van der Waals surface area contributed by atoms with Crippen molar-refractivity contribution in [1.29, 1.82) is 0 Å². The summed E-state index contributed by atoms with van der Waals surface area (Å²) >= 11 is 0. The summed E-state index contributed by atoms with van der Waals surface area (Å²) in [5, 5.41) is 5.48. The van der Waals surface area contributed by atoms with E-state index in [4.69, 9.17) is 10.5 Å². The van der Waals surface area contributed by atoms with Gasteiger partial charge in [0.15, 0.2) is 0 Å². The van der Waals surface area contributed by atoms with Crippen LogP contribution in [0.1, 0.15) is 33.6 Å². The SMILES string of the molecule is CC(=O)NCCNC(=O)C1(N)C2CCCOC2C1(C)C. The molecule has 0 bridgehead atoms. The molecule has 3 atom stereocenters. The molecule has 0 aromatic heterocycles. The Morgan fingerprint density at radius 2 is 1.95 bits per heavy atom. The van der Waals surface area contributed by atoms with Crippen LogP contribution in [0.2, 0.25) is 0 Å². The molecule has 6 heteroatoms. The number of rotatable bonds is 4. The molecule has 2 fully saturated rings. The van der Waals surface area contributed by atoms with Crippen molar-refractivity contribution in [3.05, 3.63) is 0 Å². The molecule has 0 aromatic rings. The molecule has 1 heterocycles. The smallest absolute Gasteiger partial charge is 0.241 e. The van der Waals surface area contributed by atoms with Crippen LogP contribution in [0.15, 0.2) is 0 Å². The molecule has 1 saturated carbocycles. The molecule has 2 rings (SSSR count). The van der Waals surface area contributed by atoms with Crippen LogP contribution in [0.5, 0.6) is 0 Å². The maximum absolute atomic E-state index is 12.5. The van der Waals surface area contributed by atoms with Crippen molar-refractivity contribution in [1.82, 2.24) is 10.6 Å². The summed E-state index contributed by atoms with van der Waals surface area (Å²) in [5.74, 6) is -0.155. The molecule has 6 nitrogen and oxygen atoms in total. The molecule has 2 amide bonds. The van der Waals surface area contributed by atoms with E-state index in [9.17, 15) is 9.59 Å². The molecule has 0 aromatic carbocycles. The van der Waals surface area contributed by atoms with Gasteiger partial charge in [-0.15, -0.1) is 0 Å². The molecular weight excluding hydrogens is 258 g/mol. The number of ether oxygens (including phenoxy) is 1. The highest BCUT2D eigenvalue weighted by molar-refractivity contribution is 5.89. The summed E-state index contributed by atoms with van der Waals surface area (Å²) in [6.45, 7) is 7.00. The third-order valence-corrected chi connectivity index (χ3v) is 4.84. The molecule has 2 aliphatic rings. The van der Waals surface area contributed by atoms with Crippen molar-refractivity contribution in [3.63, 3.8) is 0 Å². The standard InChI is InChI=1S/C14H25N3O3/c1-9(18)16-6-7-17-12(19)14(15)10-5-4-8-20-11(10)13(14,2)3/h10-11H,4-8,15H2,1-3H3,(H,16,18)(H,17,19). The molecule has 4 N–H and O–H groups in total. The van der Waals surface area contributed by atoms with E-state index < -0.39 is 5.54 Å². The predicted octanol–water partition coefficient (Wildman–Crippen LogP) is -0.229. The number of amides is 2. The van der Waals surface area contributed by atoms with Gasteiger partial charge in [-0.2, -0.15) is 0 Å². The number of hydrogen-bond acceptors (Lipinski definition) is 4. The van der Waals surface area contributed by atoms with Gasteiger partial charge in [-0.1, -0.05) is 13.8 Å². The lowest BCUT2D eigenvalue weighted by atomic mass is 9.46. The minimum absolute atomic E-state index is 0.0716. The summed E-state index contributed by atoms with van der Waals surface area (Å²) in [7, 11) is 0. The van der Waals surface area contributed by atoms with Gasteiger partial charge < -0.3 is 21.1 Å². The number of carbonyl (C=O) groups is 2. The van der Waals surface area contributed by atoms with Crippen LogP contribution in [0, 0.1) is 11.3 Å². The van der Waals surface area contributed by atoms with Gasteiger partial charge in [0, 0.05) is 38.0 Å². The molecule has 0 radical (unpaired) electrons. The Morgan fingerprint density at radius 3 is 2.60 bits per heavy atom. The first kappa shape index (κ1) is 15.3. The molecule has 0 spiro atoms. The van der Waals surface area contributed by atoms with Crippen molar-refractivity contribution < 1.29 is 14.3 Å². The third kappa shape index (κ3) is 2.20. The second kappa shape index (κ2) is 5.33. The van der Waals surface area contributed by atoms with Crippen molar-refractivity contribution in [3.8, 4) is 0 Å². The molecule has 3 unspecified atom stereocenters. The van der Waals surface area contributed by atoms with Crippen LogP contribution in [0.25, 0.3) is 0 Å². The van der Waals surface area contributed by atoms with Crippen LogP contribution in [0.4, 0.5) is 0 Å². The van der Waals surface area contributed by atoms with E-state index >= 15 is 0 Å². The Balaban J connectivity index is 1.95. The molecule has 20 heavy (non-hydrogen) atoms. The molecular formula is C14H25N3O3. The quantitative estimate of drug-likeness (QED) is 0.621. The fraction of sp³-hybridized carbons (Fsp3) is 0.857. The lowest BCUT2D eigenvalue weighted by molar-refractivity contribution is -0.225. The van der Waals surface area contributed by atoms with Gasteiger partial charge >= 0.3 is 0 Å². The van der Waals surface area contributed by atoms with Crippen molar-refractivity contribution >= 4 is 11.8 Å². The highest BCUT2D eigenvalue weighted by Gasteiger charge is 2.70. The van der Waals surface area contributed by atoms with Gasteiger partial charge in [-0.25, -0.2) is 0 Å². The number of hydrogen-bond donors (Lipinski definition) is 3. The Labute approximate surface area is 119 Å². The average molecular weight is 283 g/mol. The van der Waals surface area contributed by atoms with Gasteiger partial charge in [0.2, 0.25) is 11.8 Å². The minimum Gasteiger partial charge on any atom is -0.377 e. The van der Waals surface area contributed by atoms with E-state index in [2.05, 4.69) is 10.6 Å². The number of fused-ring (bicyclic) bond motifs is 1. The van der Waals surface area contributed by atoms with Crippen LogP contribution in [-0.2, 0) is 14.3 Å². The third-order valence-electron chi connectivity index (χ3n) is 4.84. The summed E-state index contributed by atoms with van der Waals surface area (Å²) in [5.41, 5.74) is 5.20. The molecule has 114 valence electrons. The Bertz CT molecular complexity index is 410. The molecule has 1 saturated heterocycles. The Hall–Kier alpha value is -1.14. The second-order valence-corrected chi connectivity index (χ2v) is 6.37. The fourth-order valence-corrected chi connectivity index (χ4v) is 3.60. The van der Waals surface area contributed by atoms with Gasteiger partial charge in [-0.05, 0) is 12.8 Å². The number of carbonyl (C=O) groups excluding carboxylic acids is 2. The largest absolute Gasteiger partial charge is 0.377 e. The molecule has 1 aliphatic heterocycles. The number of nitrogens with two attached hydrogens (primary N) is 1. The van der Waals surface area contributed by atoms with E-state index in [-0.39, 0.29) is 29.3 Å². The van der Waals surface area contributed by atoms with Gasteiger partial charge in [0.25, 0.3) is 0 Å². The highest BCUT2D eigenvalue weighted by atomic mass is 16.5. The first-order chi connectivity index (χ1) is 9.31. The van der Waals surface area contributed by atoms with Crippen molar-refractivity contribution in [2.75, 3.05) is 19.7 Å². The van der Waals surface area contributed by atoms with E-state index in [1.54, 1.807) is 0 Å².